The molecule has 1 saturated heterocycles. The highest BCUT2D eigenvalue weighted by molar-refractivity contribution is 5.16. The van der Waals surface area contributed by atoms with E-state index in [0.29, 0.717) is 0 Å². The standard InChI is InChI=1S/C19H31NO/c1-6-19(7-2)15-11-14-18(4,5)20(19)21-16(3)17-12-9-8-10-13-17/h8-10,12-13,16H,6-7,11,14-15H2,1-5H3. The monoisotopic (exact) mass is 289 g/mol. The van der Waals surface area contributed by atoms with Gasteiger partial charge in [0, 0.05) is 11.1 Å². The van der Waals surface area contributed by atoms with Gasteiger partial charge in [0.15, 0.2) is 0 Å². The van der Waals surface area contributed by atoms with Gasteiger partial charge in [-0.25, -0.2) is 0 Å². The van der Waals surface area contributed by atoms with Crippen LogP contribution in [0.1, 0.15) is 78.4 Å². The van der Waals surface area contributed by atoms with Crippen LogP contribution in [0.3, 0.4) is 0 Å². The Morgan fingerprint density at radius 3 is 2.29 bits per heavy atom. The molecule has 1 fully saturated rings. The molecule has 0 spiro atoms. The van der Waals surface area contributed by atoms with E-state index in [4.69, 9.17) is 4.84 Å². The van der Waals surface area contributed by atoms with Crippen LogP contribution >= 0.6 is 0 Å². The van der Waals surface area contributed by atoms with Gasteiger partial charge in [-0.05, 0) is 58.4 Å². The van der Waals surface area contributed by atoms with E-state index in [-0.39, 0.29) is 17.2 Å². The predicted molar refractivity (Wildman–Crippen MR) is 89.0 cm³/mol. The number of hydrogen-bond donors (Lipinski definition) is 0. The van der Waals surface area contributed by atoms with E-state index < -0.39 is 0 Å². The zero-order valence-corrected chi connectivity index (χ0v) is 14.4. The summed E-state index contributed by atoms with van der Waals surface area (Å²) in [6.07, 6.45) is 6.14. The summed E-state index contributed by atoms with van der Waals surface area (Å²) < 4.78 is 0. The van der Waals surface area contributed by atoms with E-state index >= 15 is 0 Å². The van der Waals surface area contributed by atoms with Crippen molar-refractivity contribution in [3.63, 3.8) is 0 Å². The molecular weight excluding hydrogens is 258 g/mol. The molecule has 2 rings (SSSR count). The predicted octanol–water partition coefficient (Wildman–Crippen LogP) is 5.50. The maximum absolute atomic E-state index is 6.52. The molecule has 1 atom stereocenters. The van der Waals surface area contributed by atoms with Crippen molar-refractivity contribution >= 4 is 0 Å². The van der Waals surface area contributed by atoms with Gasteiger partial charge in [0.1, 0.15) is 6.10 Å². The van der Waals surface area contributed by atoms with Crippen molar-refractivity contribution in [3.05, 3.63) is 35.9 Å². The van der Waals surface area contributed by atoms with Gasteiger partial charge in [-0.3, -0.25) is 4.84 Å². The molecule has 0 N–H and O–H groups in total. The highest BCUT2D eigenvalue weighted by Crippen LogP contribution is 2.44. The third-order valence-electron chi connectivity index (χ3n) is 5.26. The molecule has 0 aromatic heterocycles. The van der Waals surface area contributed by atoms with Crippen LogP contribution in [0, 0.1) is 0 Å². The largest absolute Gasteiger partial charge is 0.290 e. The smallest absolute Gasteiger partial charge is 0.102 e. The zero-order valence-electron chi connectivity index (χ0n) is 14.4. The average molecular weight is 289 g/mol. The molecule has 1 aliphatic rings. The zero-order chi connectivity index (χ0) is 15.5. The molecule has 21 heavy (non-hydrogen) atoms. The summed E-state index contributed by atoms with van der Waals surface area (Å²) in [5.41, 5.74) is 1.54. The second-order valence-electron chi connectivity index (χ2n) is 7.05. The first kappa shape index (κ1) is 16.5. The molecule has 0 radical (unpaired) electrons. The molecule has 0 amide bonds. The van der Waals surface area contributed by atoms with Gasteiger partial charge in [-0.1, -0.05) is 44.2 Å². The summed E-state index contributed by atoms with van der Waals surface area (Å²) in [4.78, 5) is 6.52. The van der Waals surface area contributed by atoms with Crippen LogP contribution in [0.2, 0.25) is 0 Å². The number of benzene rings is 1. The first-order valence-corrected chi connectivity index (χ1v) is 8.47. The molecule has 0 aliphatic carbocycles. The van der Waals surface area contributed by atoms with Crippen LogP contribution in [-0.2, 0) is 4.84 Å². The number of piperidine rings is 1. The third kappa shape index (κ3) is 3.32. The van der Waals surface area contributed by atoms with Gasteiger partial charge in [-0.15, -0.1) is 0 Å². The fraction of sp³-hybridized carbons (Fsp3) is 0.684. The second-order valence-corrected chi connectivity index (χ2v) is 7.05. The summed E-state index contributed by atoms with van der Waals surface area (Å²) in [6, 6.07) is 10.5. The maximum Gasteiger partial charge on any atom is 0.102 e. The molecule has 1 aromatic rings. The van der Waals surface area contributed by atoms with Gasteiger partial charge in [0.25, 0.3) is 0 Å². The first-order chi connectivity index (χ1) is 9.95. The van der Waals surface area contributed by atoms with Crippen LogP contribution in [0.25, 0.3) is 0 Å². The molecule has 1 aromatic carbocycles. The average Bonchev–Trinajstić information content (AvgIpc) is 2.50. The van der Waals surface area contributed by atoms with Crippen LogP contribution in [0.15, 0.2) is 30.3 Å². The second kappa shape index (κ2) is 6.50. The topological polar surface area (TPSA) is 12.5 Å². The van der Waals surface area contributed by atoms with Crippen LogP contribution < -0.4 is 0 Å². The van der Waals surface area contributed by atoms with Crippen molar-refractivity contribution in [2.45, 2.75) is 83.9 Å². The minimum absolute atomic E-state index is 0.0982. The molecule has 1 heterocycles. The Bertz CT molecular complexity index is 436. The van der Waals surface area contributed by atoms with Crippen molar-refractivity contribution in [2.24, 2.45) is 0 Å². The van der Waals surface area contributed by atoms with Gasteiger partial charge < -0.3 is 0 Å². The van der Waals surface area contributed by atoms with Crippen molar-refractivity contribution < 1.29 is 4.84 Å². The lowest BCUT2D eigenvalue weighted by molar-refractivity contribution is -0.313. The molecule has 2 nitrogen and oxygen atoms in total. The number of hydrogen-bond acceptors (Lipinski definition) is 2. The van der Waals surface area contributed by atoms with E-state index in [1.165, 1.54) is 24.8 Å². The van der Waals surface area contributed by atoms with Crippen LogP contribution in [0.4, 0.5) is 0 Å². The van der Waals surface area contributed by atoms with E-state index in [1.807, 2.05) is 0 Å². The van der Waals surface area contributed by atoms with Crippen molar-refractivity contribution in [1.29, 1.82) is 0 Å². The van der Waals surface area contributed by atoms with Gasteiger partial charge in [0.05, 0.1) is 0 Å². The lowest BCUT2D eigenvalue weighted by atomic mass is 9.77. The number of rotatable bonds is 5. The number of hydroxylamine groups is 2. The number of nitrogens with zero attached hydrogens (tertiary/aromatic N) is 1. The molecule has 1 unspecified atom stereocenters. The van der Waals surface area contributed by atoms with E-state index in [2.05, 4.69) is 70.0 Å². The normalized spacial score (nSPS) is 22.9. The minimum Gasteiger partial charge on any atom is -0.290 e. The quantitative estimate of drug-likeness (QED) is 0.709. The Morgan fingerprint density at radius 1 is 1.10 bits per heavy atom. The lowest BCUT2D eigenvalue weighted by Crippen LogP contribution is -2.60. The fourth-order valence-corrected chi connectivity index (χ4v) is 3.78. The summed E-state index contributed by atoms with van der Waals surface area (Å²) in [5, 5.41) is 2.35. The summed E-state index contributed by atoms with van der Waals surface area (Å²) in [5.74, 6) is 0. The van der Waals surface area contributed by atoms with Crippen molar-refractivity contribution in [3.8, 4) is 0 Å². The summed E-state index contributed by atoms with van der Waals surface area (Å²) in [6.45, 7) is 11.4. The van der Waals surface area contributed by atoms with E-state index in [1.54, 1.807) is 0 Å². The van der Waals surface area contributed by atoms with Gasteiger partial charge in [-0.2, -0.15) is 5.06 Å². The summed E-state index contributed by atoms with van der Waals surface area (Å²) in [7, 11) is 0. The SMILES string of the molecule is CCC1(CC)CCCC(C)(C)N1OC(C)c1ccccc1. The Labute approximate surface area is 130 Å². The van der Waals surface area contributed by atoms with E-state index in [9.17, 15) is 0 Å². The van der Waals surface area contributed by atoms with Crippen LogP contribution in [0.5, 0.6) is 0 Å². The fourth-order valence-electron chi connectivity index (χ4n) is 3.78. The van der Waals surface area contributed by atoms with Crippen molar-refractivity contribution in [1.82, 2.24) is 5.06 Å². The molecule has 1 aliphatic heterocycles. The van der Waals surface area contributed by atoms with Gasteiger partial charge in [0.2, 0.25) is 0 Å². The van der Waals surface area contributed by atoms with Gasteiger partial charge >= 0.3 is 0 Å². The highest BCUT2D eigenvalue weighted by atomic mass is 16.7. The van der Waals surface area contributed by atoms with Crippen molar-refractivity contribution in [2.75, 3.05) is 0 Å². The minimum atomic E-state index is 0.0982. The van der Waals surface area contributed by atoms with E-state index in [0.717, 1.165) is 12.8 Å². The molecule has 0 bridgehead atoms. The highest BCUT2D eigenvalue weighted by Gasteiger charge is 2.46. The third-order valence-corrected chi connectivity index (χ3v) is 5.26. The lowest BCUT2D eigenvalue weighted by Gasteiger charge is -2.54. The van der Waals surface area contributed by atoms with Crippen LogP contribution in [-0.4, -0.2) is 16.1 Å². The Balaban J connectivity index is 2.24. The Hall–Kier alpha value is -0.860. The molecule has 2 heteroatoms. The molecule has 118 valence electrons. The molecular formula is C19H31NO. The summed E-state index contributed by atoms with van der Waals surface area (Å²) >= 11 is 0. The maximum atomic E-state index is 6.52. The Kier molecular flexibility index (Phi) is 5.11. The molecule has 0 saturated carbocycles. The first-order valence-electron chi connectivity index (χ1n) is 8.47. The Morgan fingerprint density at radius 2 is 1.71 bits per heavy atom.